The summed E-state index contributed by atoms with van der Waals surface area (Å²) in [5.74, 6) is -3.34. The number of carboxylic acids is 2. The Hall–Kier alpha value is -2.21. The molecule has 2 fully saturated rings. The molecule has 15 nitrogen and oxygen atoms in total. The average Bonchev–Trinajstić information content (AvgIpc) is 2.81. The van der Waals surface area contributed by atoms with E-state index in [1.54, 1.807) is 0 Å². The van der Waals surface area contributed by atoms with Gasteiger partial charge in [0.1, 0.15) is 55.9 Å². The first kappa shape index (κ1) is 30.0. The van der Waals surface area contributed by atoms with Crippen molar-refractivity contribution >= 4 is 17.9 Å². The number of esters is 1. The van der Waals surface area contributed by atoms with Gasteiger partial charge in [-0.25, -0.2) is 14.4 Å². The fourth-order valence-electron chi connectivity index (χ4n) is 3.89. The van der Waals surface area contributed by atoms with Crippen molar-refractivity contribution in [3.8, 4) is 0 Å². The molecule has 0 bridgehead atoms. The van der Waals surface area contributed by atoms with Crippen molar-refractivity contribution in [2.75, 3.05) is 33.5 Å². The molecule has 0 amide bonds. The molecule has 15 heteroatoms. The number of aliphatic hydroxyl groups excluding tert-OH is 3. The number of hydrogen-bond donors (Lipinski definition) is 5. The highest BCUT2D eigenvalue weighted by Crippen LogP contribution is 2.31. The topological polar surface area (TPSA) is 217 Å². The third-order valence-corrected chi connectivity index (χ3v) is 5.53. The smallest absolute Gasteiger partial charge is 0.330 e. The number of carboxylic acid groups (broad SMARTS) is 2. The van der Waals surface area contributed by atoms with Gasteiger partial charge in [-0.1, -0.05) is 6.58 Å². The van der Waals surface area contributed by atoms with Crippen molar-refractivity contribution < 1.29 is 73.1 Å². The largest absolute Gasteiger partial charge is 0.480 e. The molecular formula is C21H32O15. The Morgan fingerprint density at radius 2 is 1.42 bits per heavy atom. The first-order valence-corrected chi connectivity index (χ1v) is 11.0. The normalized spacial score (nSPS) is 36.7. The van der Waals surface area contributed by atoms with Crippen molar-refractivity contribution in [2.45, 2.75) is 68.1 Å². The lowest BCUT2D eigenvalue weighted by molar-refractivity contribution is -0.344. The van der Waals surface area contributed by atoms with Gasteiger partial charge in [-0.3, -0.25) is 0 Å². The lowest BCUT2D eigenvalue weighted by Gasteiger charge is -2.47. The number of ether oxygens (including phenoxy) is 7. The van der Waals surface area contributed by atoms with E-state index in [0.29, 0.717) is 0 Å². The fraction of sp³-hybridized carbons (Fsp3) is 0.762. The van der Waals surface area contributed by atoms with E-state index in [1.807, 2.05) is 0 Å². The maximum Gasteiger partial charge on any atom is 0.330 e. The lowest BCUT2D eigenvalue weighted by atomic mass is 9.94. The maximum atomic E-state index is 11.7. The predicted octanol–water partition coefficient (Wildman–Crippen LogP) is -2.72. The van der Waals surface area contributed by atoms with Gasteiger partial charge in [-0.15, -0.1) is 0 Å². The fourth-order valence-corrected chi connectivity index (χ4v) is 3.89. The summed E-state index contributed by atoms with van der Waals surface area (Å²) in [4.78, 5) is 33.3. The zero-order valence-corrected chi connectivity index (χ0v) is 19.7. The Kier molecular flexibility index (Phi) is 11.6. The van der Waals surface area contributed by atoms with Crippen LogP contribution in [0.25, 0.3) is 0 Å². The predicted molar refractivity (Wildman–Crippen MR) is 114 cm³/mol. The van der Waals surface area contributed by atoms with Crippen LogP contribution >= 0.6 is 0 Å². The Morgan fingerprint density at radius 3 is 1.92 bits per heavy atom. The highest BCUT2D eigenvalue weighted by Gasteiger charge is 2.51. The van der Waals surface area contributed by atoms with Crippen molar-refractivity contribution in [1.82, 2.24) is 0 Å². The van der Waals surface area contributed by atoms with Crippen LogP contribution in [0.15, 0.2) is 12.7 Å². The van der Waals surface area contributed by atoms with Crippen LogP contribution in [0.2, 0.25) is 0 Å². The van der Waals surface area contributed by atoms with Crippen molar-refractivity contribution in [3.05, 3.63) is 12.7 Å². The molecule has 2 heterocycles. The molecule has 2 aliphatic heterocycles. The van der Waals surface area contributed by atoms with E-state index in [-0.39, 0.29) is 13.2 Å². The molecule has 2 saturated heterocycles. The van der Waals surface area contributed by atoms with Crippen molar-refractivity contribution in [3.63, 3.8) is 0 Å². The number of carbonyl (C=O) groups is 3. The second-order valence-corrected chi connectivity index (χ2v) is 8.12. The third-order valence-electron chi connectivity index (χ3n) is 5.53. The molecule has 36 heavy (non-hydrogen) atoms. The summed E-state index contributed by atoms with van der Waals surface area (Å²) in [6.45, 7) is 2.75. The Bertz CT molecular complexity index is 760. The van der Waals surface area contributed by atoms with Gasteiger partial charge in [0.15, 0.2) is 12.4 Å². The minimum absolute atomic E-state index is 0.347. The van der Waals surface area contributed by atoms with Gasteiger partial charge in [0.2, 0.25) is 0 Å². The molecule has 0 aromatic carbocycles. The summed E-state index contributed by atoms with van der Waals surface area (Å²) in [5.41, 5.74) is 0. The summed E-state index contributed by atoms with van der Waals surface area (Å²) < 4.78 is 37.6. The SMILES string of the molecule is C=CC(=O)OC1C(C)OC(COCC(=O)O)C(OC2OC(COCC(=O)O)C(OC)C(O)C2O)C1O. The highest BCUT2D eigenvalue weighted by molar-refractivity contribution is 5.81. The van der Waals surface area contributed by atoms with Crippen LogP contribution in [0.5, 0.6) is 0 Å². The molecule has 10 atom stereocenters. The maximum absolute atomic E-state index is 11.7. The van der Waals surface area contributed by atoms with E-state index < -0.39 is 92.3 Å². The van der Waals surface area contributed by atoms with Gasteiger partial charge in [0.25, 0.3) is 0 Å². The summed E-state index contributed by atoms with van der Waals surface area (Å²) >= 11 is 0. The van der Waals surface area contributed by atoms with E-state index >= 15 is 0 Å². The number of aliphatic hydroxyl groups is 3. The van der Waals surface area contributed by atoms with Crippen molar-refractivity contribution in [1.29, 1.82) is 0 Å². The van der Waals surface area contributed by atoms with Gasteiger partial charge >= 0.3 is 17.9 Å². The van der Waals surface area contributed by atoms with Crippen LogP contribution in [0.4, 0.5) is 0 Å². The second kappa shape index (κ2) is 13.9. The zero-order chi connectivity index (χ0) is 27.0. The standard InChI is InChI=1S/C21H32O15/c1-4-14(26)35-18-9(2)33-11(6-32-8-13(24)25)20(17(18)29)36-21-16(28)15(27)19(30-3)10(34-21)5-31-7-12(22)23/h4,9-11,15-21,27-29H,1,5-8H2,2-3H3,(H,22,23)(H,24,25). The van der Waals surface area contributed by atoms with Crippen LogP contribution < -0.4 is 0 Å². The molecule has 2 aliphatic rings. The van der Waals surface area contributed by atoms with E-state index in [2.05, 4.69) is 6.58 Å². The molecule has 0 aromatic heterocycles. The number of carbonyl (C=O) groups excluding carboxylic acids is 1. The summed E-state index contributed by atoms with van der Waals surface area (Å²) in [6.07, 6.45) is -12.4. The number of aliphatic carboxylic acids is 2. The molecular weight excluding hydrogens is 492 g/mol. The van der Waals surface area contributed by atoms with Crippen molar-refractivity contribution in [2.24, 2.45) is 0 Å². The monoisotopic (exact) mass is 524 g/mol. The summed E-state index contributed by atoms with van der Waals surface area (Å²) in [7, 11) is 1.24. The number of rotatable bonds is 13. The molecule has 10 unspecified atom stereocenters. The van der Waals surface area contributed by atoms with Gasteiger partial charge < -0.3 is 58.7 Å². The summed E-state index contributed by atoms with van der Waals surface area (Å²) in [5, 5.41) is 49.7. The van der Waals surface area contributed by atoms with E-state index in [1.165, 1.54) is 14.0 Å². The first-order chi connectivity index (χ1) is 17.0. The molecule has 0 radical (unpaired) electrons. The van der Waals surface area contributed by atoms with Gasteiger partial charge in [0.05, 0.1) is 19.3 Å². The van der Waals surface area contributed by atoms with Crippen LogP contribution in [0.3, 0.4) is 0 Å². The average molecular weight is 524 g/mol. The number of methoxy groups -OCH3 is 1. The van der Waals surface area contributed by atoms with E-state index in [4.69, 9.17) is 43.4 Å². The van der Waals surface area contributed by atoms with E-state index in [9.17, 15) is 29.7 Å². The Balaban J connectivity index is 2.23. The Morgan fingerprint density at radius 1 is 0.861 bits per heavy atom. The quantitative estimate of drug-likeness (QED) is 0.122. The second-order valence-electron chi connectivity index (χ2n) is 8.12. The molecule has 206 valence electrons. The van der Waals surface area contributed by atoms with Gasteiger partial charge in [-0.05, 0) is 6.92 Å². The molecule has 0 spiro atoms. The van der Waals surface area contributed by atoms with Crippen LogP contribution in [-0.2, 0) is 47.5 Å². The Labute approximate surface area is 206 Å². The number of hydrogen-bond acceptors (Lipinski definition) is 13. The van der Waals surface area contributed by atoms with Gasteiger partial charge in [0, 0.05) is 13.2 Å². The van der Waals surface area contributed by atoms with Crippen LogP contribution in [0.1, 0.15) is 6.92 Å². The molecule has 0 saturated carbocycles. The van der Waals surface area contributed by atoms with Crippen LogP contribution in [0, 0.1) is 0 Å². The molecule has 2 rings (SSSR count). The molecule has 0 aromatic rings. The molecule has 5 N–H and O–H groups in total. The lowest BCUT2D eigenvalue weighted by Crippen LogP contribution is -2.65. The highest BCUT2D eigenvalue weighted by atomic mass is 16.7. The summed E-state index contributed by atoms with van der Waals surface area (Å²) in [6, 6.07) is 0. The van der Waals surface area contributed by atoms with Gasteiger partial charge in [-0.2, -0.15) is 0 Å². The van der Waals surface area contributed by atoms with E-state index in [0.717, 1.165) is 6.08 Å². The first-order valence-electron chi connectivity index (χ1n) is 11.0. The minimum atomic E-state index is -1.70. The minimum Gasteiger partial charge on any atom is -0.480 e. The zero-order valence-electron chi connectivity index (χ0n) is 19.7. The third kappa shape index (κ3) is 7.89. The molecule has 0 aliphatic carbocycles. The van der Waals surface area contributed by atoms with Crippen LogP contribution in [-0.4, -0.2) is 138 Å².